The second-order valence-corrected chi connectivity index (χ2v) is 9.23. The molecule has 0 aliphatic rings. The molecule has 0 spiro atoms. The lowest BCUT2D eigenvalue weighted by atomic mass is 10.1. The molecule has 2 rings (SSSR count). The summed E-state index contributed by atoms with van der Waals surface area (Å²) in [5, 5.41) is 9.87. The number of nitrogens with one attached hydrogen (secondary N) is 2. The van der Waals surface area contributed by atoms with Gasteiger partial charge < -0.3 is 0 Å². The first-order valence-electron chi connectivity index (χ1n) is 10.9. The van der Waals surface area contributed by atoms with E-state index in [1.165, 1.54) is 12.4 Å². The van der Waals surface area contributed by atoms with Crippen LogP contribution in [-0.4, -0.2) is 24.2 Å². The molecule has 6 nitrogen and oxygen atoms in total. The predicted molar refractivity (Wildman–Crippen MR) is 141 cm³/mol. The SMILES string of the molecule is O=C(CCCCCCCCC(=O)N/N=C/c1ccc(Cl)cc1Cl)N/N=C/c1ccc(Cl)cc1Cl. The minimum Gasteiger partial charge on any atom is -0.273 e. The molecule has 0 heterocycles. The molecule has 0 saturated carbocycles. The summed E-state index contributed by atoms with van der Waals surface area (Å²) < 4.78 is 0. The zero-order valence-corrected chi connectivity index (χ0v) is 21.5. The van der Waals surface area contributed by atoms with Crippen molar-refractivity contribution in [2.45, 2.75) is 51.4 Å². The number of rotatable bonds is 13. The van der Waals surface area contributed by atoms with Gasteiger partial charge in [-0.25, -0.2) is 10.9 Å². The number of halogens is 4. The molecular weight excluding hydrogens is 518 g/mol. The summed E-state index contributed by atoms with van der Waals surface area (Å²) in [7, 11) is 0. The Bertz CT molecular complexity index is 947. The quantitative estimate of drug-likeness (QED) is 0.161. The third-order valence-electron chi connectivity index (χ3n) is 4.77. The molecule has 0 saturated heterocycles. The van der Waals surface area contributed by atoms with Crippen LogP contribution < -0.4 is 10.9 Å². The van der Waals surface area contributed by atoms with Gasteiger partial charge in [-0.3, -0.25) is 9.59 Å². The summed E-state index contributed by atoms with van der Waals surface area (Å²) in [6.45, 7) is 0. The number of carbonyl (C=O) groups excluding carboxylic acids is 2. The zero-order valence-electron chi connectivity index (χ0n) is 18.5. The highest BCUT2D eigenvalue weighted by Gasteiger charge is 2.03. The predicted octanol–water partition coefficient (Wildman–Crippen LogP) is 7.02. The molecule has 0 aliphatic heterocycles. The average molecular weight is 544 g/mol. The van der Waals surface area contributed by atoms with E-state index in [2.05, 4.69) is 21.1 Å². The van der Waals surface area contributed by atoms with Crippen molar-refractivity contribution in [1.82, 2.24) is 10.9 Å². The van der Waals surface area contributed by atoms with E-state index in [9.17, 15) is 9.59 Å². The van der Waals surface area contributed by atoms with Crippen molar-refractivity contribution in [3.05, 3.63) is 67.6 Å². The molecule has 2 aromatic carbocycles. The van der Waals surface area contributed by atoms with Crippen LogP contribution in [0.3, 0.4) is 0 Å². The number of hydrogen-bond acceptors (Lipinski definition) is 4. The normalized spacial score (nSPS) is 11.3. The van der Waals surface area contributed by atoms with Crippen molar-refractivity contribution in [2.24, 2.45) is 10.2 Å². The first-order chi connectivity index (χ1) is 16.3. The van der Waals surface area contributed by atoms with Gasteiger partial charge in [0.25, 0.3) is 0 Å². The summed E-state index contributed by atoms with van der Waals surface area (Å²) in [5.74, 6) is -0.281. The van der Waals surface area contributed by atoms with Crippen molar-refractivity contribution >= 4 is 70.6 Å². The monoisotopic (exact) mass is 542 g/mol. The molecular formula is C24H26Cl4N4O2. The van der Waals surface area contributed by atoms with Crippen molar-refractivity contribution < 1.29 is 9.59 Å². The van der Waals surface area contributed by atoms with Crippen LogP contribution in [0, 0.1) is 0 Å². The number of unbranched alkanes of at least 4 members (excludes halogenated alkanes) is 5. The van der Waals surface area contributed by atoms with Gasteiger partial charge in [0.2, 0.25) is 11.8 Å². The second kappa shape index (κ2) is 15.7. The lowest BCUT2D eigenvalue weighted by molar-refractivity contribution is -0.122. The molecule has 0 fully saturated rings. The Hall–Kier alpha value is -2.12. The van der Waals surface area contributed by atoms with Crippen molar-refractivity contribution in [1.29, 1.82) is 0 Å². The van der Waals surface area contributed by atoms with Gasteiger partial charge in [-0.05, 0) is 37.1 Å². The highest BCUT2D eigenvalue weighted by molar-refractivity contribution is 6.36. The van der Waals surface area contributed by atoms with Crippen molar-refractivity contribution in [3.8, 4) is 0 Å². The molecule has 182 valence electrons. The van der Waals surface area contributed by atoms with Gasteiger partial charge >= 0.3 is 0 Å². The molecule has 0 radical (unpaired) electrons. The Morgan fingerprint density at radius 1 is 0.647 bits per heavy atom. The number of amides is 2. The zero-order chi connectivity index (χ0) is 24.8. The van der Waals surface area contributed by atoms with Crippen molar-refractivity contribution in [2.75, 3.05) is 0 Å². The van der Waals surface area contributed by atoms with Gasteiger partial charge in [0.15, 0.2) is 0 Å². The molecule has 2 amide bonds. The van der Waals surface area contributed by atoms with Crippen LogP contribution in [0.1, 0.15) is 62.5 Å². The molecule has 10 heteroatoms. The van der Waals surface area contributed by atoms with E-state index in [1.807, 2.05) is 0 Å². The summed E-state index contributed by atoms with van der Waals surface area (Å²) >= 11 is 23.8. The lowest BCUT2D eigenvalue weighted by Gasteiger charge is -2.03. The van der Waals surface area contributed by atoms with Crippen LogP contribution in [-0.2, 0) is 9.59 Å². The molecule has 0 unspecified atom stereocenters. The standard InChI is InChI=1S/C24H26Cl4N4O2/c25-19-11-9-17(21(27)13-19)15-29-31-23(33)7-5-3-1-2-4-6-8-24(34)32-30-16-18-10-12-20(26)14-22(18)28/h9-16H,1-8H2,(H,31,33)(H,32,34)/b29-15+,30-16+. The van der Waals surface area contributed by atoms with Gasteiger partial charge in [0, 0.05) is 34.0 Å². The Morgan fingerprint density at radius 2 is 1.03 bits per heavy atom. The first kappa shape index (κ1) is 28.1. The number of nitrogens with zero attached hydrogens (tertiary/aromatic N) is 2. The van der Waals surface area contributed by atoms with Crippen LogP contribution in [0.15, 0.2) is 46.6 Å². The third kappa shape index (κ3) is 11.3. The highest BCUT2D eigenvalue weighted by atomic mass is 35.5. The number of carbonyl (C=O) groups is 2. The van der Waals surface area contributed by atoms with E-state index in [0.717, 1.165) is 38.5 Å². The fraction of sp³-hybridized carbons (Fsp3) is 0.333. The van der Waals surface area contributed by atoms with E-state index in [1.54, 1.807) is 36.4 Å². The first-order valence-corrected chi connectivity index (χ1v) is 12.4. The average Bonchev–Trinajstić information content (AvgIpc) is 2.78. The third-order valence-corrected chi connectivity index (χ3v) is 5.89. The Kier molecular flexibility index (Phi) is 13.0. The summed E-state index contributed by atoms with van der Waals surface area (Å²) in [6.07, 6.45) is 9.26. The van der Waals surface area contributed by atoms with Crippen LogP contribution >= 0.6 is 46.4 Å². The van der Waals surface area contributed by atoms with E-state index < -0.39 is 0 Å². The number of hydrazone groups is 2. The van der Waals surface area contributed by atoms with E-state index in [0.29, 0.717) is 44.1 Å². The minimum atomic E-state index is -0.140. The highest BCUT2D eigenvalue weighted by Crippen LogP contribution is 2.20. The van der Waals surface area contributed by atoms with Gasteiger partial charge in [0.1, 0.15) is 0 Å². The molecule has 34 heavy (non-hydrogen) atoms. The molecule has 2 N–H and O–H groups in total. The fourth-order valence-corrected chi connectivity index (χ4v) is 3.86. The maximum Gasteiger partial charge on any atom is 0.240 e. The Labute approximate surface area is 219 Å². The maximum atomic E-state index is 11.8. The molecule has 0 aromatic heterocycles. The van der Waals surface area contributed by atoms with Crippen LogP contribution in [0.25, 0.3) is 0 Å². The van der Waals surface area contributed by atoms with Gasteiger partial charge in [0.05, 0.1) is 22.5 Å². The minimum absolute atomic E-state index is 0.140. The summed E-state index contributed by atoms with van der Waals surface area (Å²) in [4.78, 5) is 23.7. The lowest BCUT2D eigenvalue weighted by Crippen LogP contribution is -2.17. The van der Waals surface area contributed by atoms with Crippen LogP contribution in [0.2, 0.25) is 20.1 Å². The van der Waals surface area contributed by atoms with Gasteiger partial charge in [-0.15, -0.1) is 0 Å². The largest absolute Gasteiger partial charge is 0.273 e. The fourth-order valence-electron chi connectivity index (χ4n) is 2.95. The van der Waals surface area contributed by atoms with Crippen LogP contribution in [0.4, 0.5) is 0 Å². The van der Waals surface area contributed by atoms with E-state index >= 15 is 0 Å². The second-order valence-electron chi connectivity index (χ2n) is 7.54. The van der Waals surface area contributed by atoms with Crippen molar-refractivity contribution in [3.63, 3.8) is 0 Å². The maximum absolute atomic E-state index is 11.8. The molecule has 0 atom stereocenters. The Morgan fingerprint density at radius 3 is 1.41 bits per heavy atom. The number of benzene rings is 2. The van der Waals surface area contributed by atoms with E-state index in [-0.39, 0.29) is 11.8 Å². The summed E-state index contributed by atoms with van der Waals surface area (Å²) in [6, 6.07) is 10.1. The molecule has 0 bridgehead atoms. The smallest absolute Gasteiger partial charge is 0.240 e. The molecule has 0 aliphatic carbocycles. The van der Waals surface area contributed by atoms with E-state index in [4.69, 9.17) is 46.4 Å². The summed E-state index contributed by atoms with van der Waals surface area (Å²) in [5.41, 5.74) is 6.36. The topological polar surface area (TPSA) is 82.9 Å². The molecule has 2 aromatic rings. The number of hydrogen-bond donors (Lipinski definition) is 2. The van der Waals surface area contributed by atoms with Crippen LogP contribution in [0.5, 0.6) is 0 Å². The van der Waals surface area contributed by atoms with Gasteiger partial charge in [-0.1, -0.05) is 84.2 Å². The van der Waals surface area contributed by atoms with Gasteiger partial charge in [-0.2, -0.15) is 10.2 Å². The Balaban J connectivity index is 1.48.